The van der Waals surface area contributed by atoms with E-state index in [4.69, 9.17) is 9.47 Å². The highest BCUT2D eigenvalue weighted by molar-refractivity contribution is 9.09. The highest BCUT2D eigenvalue weighted by atomic mass is 79.9. The second kappa shape index (κ2) is 11.4. The summed E-state index contributed by atoms with van der Waals surface area (Å²) in [6.45, 7) is 9.62. The third-order valence-electron chi connectivity index (χ3n) is 8.39. The van der Waals surface area contributed by atoms with E-state index in [1.165, 1.54) is 4.90 Å². The molecule has 2 bridgehead atoms. The number of nitrogens with zero attached hydrogens (tertiary/aromatic N) is 2. The van der Waals surface area contributed by atoms with Crippen LogP contribution in [0.2, 0.25) is 0 Å². The Morgan fingerprint density at radius 3 is 2.67 bits per heavy atom. The molecule has 1 N–H and O–H groups in total. The van der Waals surface area contributed by atoms with Gasteiger partial charge in [0.2, 0.25) is 11.8 Å². The van der Waals surface area contributed by atoms with E-state index in [9.17, 15) is 19.5 Å². The summed E-state index contributed by atoms with van der Waals surface area (Å²) >= 11 is 3.68. The lowest BCUT2D eigenvalue weighted by Gasteiger charge is -2.42. The minimum absolute atomic E-state index is 0.0741. The number of fused-ring (bicyclic) bond motifs is 1. The third kappa shape index (κ3) is 4.56. The van der Waals surface area contributed by atoms with E-state index in [2.05, 4.69) is 29.1 Å². The van der Waals surface area contributed by atoms with E-state index in [0.29, 0.717) is 19.4 Å². The maximum absolute atomic E-state index is 14.3. The van der Waals surface area contributed by atoms with Gasteiger partial charge in [0, 0.05) is 17.4 Å². The lowest BCUT2D eigenvalue weighted by atomic mass is 9.70. The van der Waals surface area contributed by atoms with Crippen molar-refractivity contribution < 1.29 is 29.0 Å². The average molecular weight is 568 g/mol. The molecule has 3 saturated heterocycles. The molecule has 3 heterocycles. The largest absolute Gasteiger partial charge is 0.465 e. The van der Waals surface area contributed by atoms with E-state index >= 15 is 0 Å². The molecule has 4 fully saturated rings. The van der Waals surface area contributed by atoms with Crippen LogP contribution >= 0.6 is 15.9 Å². The predicted octanol–water partition coefficient (Wildman–Crippen LogP) is 2.97. The molecular weight excluding hydrogens is 528 g/mol. The van der Waals surface area contributed by atoms with Crippen LogP contribution in [0.1, 0.15) is 58.3 Å². The fraction of sp³-hybridized carbons (Fsp3) is 0.741. The van der Waals surface area contributed by atoms with Crippen LogP contribution in [-0.4, -0.2) is 87.1 Å². The van der Waals surface area contributed by atoms with Crippen LogP contribution in [0.5, 0.6) is 0 Å². The van der Waals surface area contributed by atoms with Crippen molar-refractivity contribution in [2.24, 2.45) is 11.8 Å². The van der Waals surface area contributed by atoms with Crippen molar-refractivity contribution in [3.63, 3.8) is 0 Å². The van der Waals surface area contributed by atoms with E-state index < -0.39 is 41.6 Å². The fourth-order valence-electron chi connectivity index (χ4n) is 6.78. The minimum Gasteiger partial charge on any atom is -0.465 e. The summed E-state index contributed by atoms with van der Waals surface area (Å²) < 4.78 is 12.1. The molecule has 1 saturated carbocycles. The number of aliphatic hydroxyl groups is 1. The number of ether oxygens (including phenoxy) is 2. The third-order valence-corrected chi connectivity index (χ3v) is 9.24. The van der Waals surface area contributed by atoms with Crippen molar-refractivity contribution in [1.29, 1.82) is 0 Å². The zero-order valence-electron chi connectivity index (χ0n) is 21.1. The lowest BCUT2D eigenvalue weighted by molar-refractivity contribution is -0.156. The number of amides is 2. The van der Waals surface area contributed by atoms with Crippen molar-refractivity contribution in [3.8, 4) is 0 Å². The van der Waals surface area contributed by atoms with Crippen LogP contribution in [0, 0.1) is 11.8 Å². The van der Waals surface area contributed by atoms with E-state index in [1.807, 2.05) is 4.90 Å². The fourth-order valence-corrected chi connectivity index (χ4v) is 7.73. The van der Waals surface area contributed by atoms with Gasteiger partial charge in [-0.3, -0.25) is 14.4 Å². The Morgan fingerprint density at radius 2 is 2.03 bits per heavy atom. The van der Waals surface area contributed by atoms with Gasteiger partial charge in [0.15, 0.2) is 0 Å². The molecule has 2 amide bonds. The van der Waals surface area contributed by atoms with Gasteiger partial charge < -0.3 is 24.4 Å². The van der Waals surface area contributed by atoms with Crippen LogP contribution in [0.4, 0.5) is 0 Å². The molecule has 4 rings (SSSR count). The first-order valence-corrected chi connectivity index (χ1v) is 14.2. The van der Waals surface area contributed by atoms with Gasteiger partial charge in [-0.1, -0.05) is 47.3 Å². The molecule has 3 unspecified atom stereocenters. The van der Waals surface area contributed by atoms with Gasteiger partial charge in [-0.2, -0.15) is 0 Å². The average Bonchev–Trinajstić information content (AvgIpc) is 3.48. The Labute approximate surface area is 222 Å². The molecular formula is C27H39BrN2O6. The summed E-state index contributed by atoms with van der Waals surface area (Å²) in [6.07, 6.45) is 9.86. The van der Waals surface area contributed by atoms with E-state index in [1.54, 1.807) is 19.1 Å². The smallest absolute Gasteiger partial charge is 0.312 e. The molecule has 0 aromatic rings. The second-order valence-electron chi connectivity index (χ2n) is 10.6. The molecule has 9 heteroatoms. The van der Waals surface area contributed by atoms with Gasteiger partial charge in [-0.15, -0.1) is 13.2 Å². The highest BCUT2D eigenvalue weighted by Crippen LogP contribution is 2.60. The Balaban J connectivity index is 1.69. The summed E-state index contributed by atoms with van der Waals surface area (Å²) in [5.74, 6) is -2.57. The van der Waals surface area contributed by atoms with Crippen molar-refractivity contribution in [2.45, 2.75) is 92.9 Å². The number of unbranched alkanes of at least 4 members (excludes halogenated alkanes) is 1. The molecule has 1 aliphatic carbocycles. The highest BCUT2D eigenvalue weighted by Gasteiger charge is 2.77. The first kappa shape index (κ1) is 27.3. The number of rotatable bonds is 11. The number of carbonyl (C=O) groups is 3. The molecule has 0 aromatic carbocycles. The molecule has 0 aromatic heterocycles. The Hall–Kier alpha value is -1.71. The van der Waals surface area contributed by atoms with Crippen LogP contribution in [0.3, 0.4) is 0 Å². The second-order valence-corrected chi connectivity index (χ2v) is 11.8. The normalized spacial score (nSPS) is 34.4. The standard InChI is InChI=1S/C27H39BrN2O6/c1-4-6-10-14-35-26(34)20-21-24(32)30(17(3)16-31)23(27(21)15-19(28)22(20)36-27)25(33)29(13-5-2)18-11-8-7-9-12-18/h4-5,17-23,31H,1-2,6-16H2,3H3/t17-,19?,20+,21+,22+,23?,27?/m1/s1. The van der Waals surface area contributed by atoms with Crippen molar-refractivity contribution >= 4 is 33.7 Å². The van der Waals surface area contributed by atoms with Gasteiger partial charge in [-0.25, -0.2) is 0 Å². The van der Waals surface area contributed by atoms with Crippen molar-refractivity contribution in [1.82, 2.24) is 9.80 Å². The number of esters is 1. The molecule has 8 nitrogen and oxygen atoms in total. The molecule has 0 radical (unpaired) electrons. The Morgan fingerprint density at radius 1 is 1.31 bits per heavy atom. The zero-order valence-corrected chi connectivity index (χ0v) is 22.7. The monoisotopic (exact) mass is 566 g/mol. The molecule has 200 valence electrons. The van der Waals surface area contributed by atoms with Crippen LogP contribution in [-0.2, 0) is 23.9 Å². The number of aliphatic hydroxyl groups excluding tert-OH is 1. The Bertz CT molecular complexity index is 876. The lowest BCUT2D eigenvalue weighted by Crippen LogP contribution is -2.60. The van der Waals surface area contributed by atoms with Crippen LogP contribution in [0.25, 0.3) is 0 Å². The molecule has 7 atom stereocenters. The predicted molar refractivity (Wildman–Crippen MR) is 138 cm³/mol. The molecule has 1 spiro atoms. The maximum atomic E-state index is 14.3. The number of hydrogen-bond acceptors (Lipinski definition) is 6. The van der Waals surface area contributed by atoms with Crippen molar-refractivity contribution in [3.05, 3.63) is 25.3 Å². The van der Waals surface area contributed by atoms with Gasteiger partial charge in [0.05, 0.1) is 37.2 Å². The van der Waals surface area contributed by atoms with Crippen LogP contribution in [0.15, 0.2) is 25.3 Å². The molecule has 3 aliphatic heterocycles. The zero-order chi connectivity index (χ0) is 26.0. The van der Waals surface area contributed by atoms with Gasteiger partial charge in [0.25, 0.3) is 0 Å². The molecule has 4 aliphatic rings. The summed E-state index contributed by atoms with van der Waals surface area (Å²) in [4.78, 5) is 44.7. The summed E-state index contributed by atoms with van der Waals surface area (Å²) in [5.41, 5.74) is -1.14. The number of allylic oxidation sites excluding steroid dienone is 1. The van der Waals surface area contributed by atoms with Gasteiger partial charge >= 0.3 is 5.97 Å². The number of hydrogen-bond donors (Lipinski definition) is 1. The number of carbonyl (C=O) groups excluding carboxylic acids is 3. The minimum atomic E-state index is -1.14. The topological polar surface area (TPSA) is 96.4 Å². The van der Waals surface area contributed by atoms with Gasteiger partial charge in [0.1, 0.15) is 11.6 Å². The van der Waals surface area contributed by atoms with Crippen LogP contribution < -0.4 is 0 Å². The summed E-state index contributed by atoms with van der Waals surface area (Å²) in [7, 11) is 0. The van der Waals surface area contributed by atoms with Gasteiger partial charge in [-0.05, 0) is 39.0 Å². The first-order valence-electron chi connectivity index (χ1n) is 13.3. The van der Waals surface area contributed by atoms with Crippen molar-refractivity contribution in [2.75, 3.05) is 19.8 Å². The van der Waals surface area contributed by atoms with E-state index in [0.717, 1.165) is 38.5 Å². The quantitative estimate of drug-likeness (QED) is 0.179. The Kier molecular flexibility index (Phi) is 8.62. The molecule has 36 heavy (non-hydrogen) atoms. The first-order chi connectivity index (χ1) is 17.3. The number of alkyl halides is 1. The summed E-state index contributed by atoms with van der Waals surface area (Å²) in [5, 5.41) is 10.0. The summed E-state index contributed by atoms with van der Waals surface area (Å²) in [6, 6.07) is -1.43. The number of halogens is 1. The maximum Gasteiger partial charge on any atom is 0.312 e. The SMILES string of the molecule is C=CCCCOC(=O)[C@H]1[C@H]2C(=O)N([C@H](C)CO)C(C(=O)N(CC=C)C3CCCCC3)C23CC(Br)[C@@H]1O3. The number of likely N-dealkylation sites (tertiary alicyclic amines) is 1. The van der Waals surface area contributed by atoms with E-state index in [-0.39, 0.29) is 35.9 Å².